The van der Waals surface area contributed by atoms with Crippen LogP contribution < -0.4 is 5.32 Å². The Kier molecular flexibility index (Phi) is 3.45. The molecular formula is C18H16N2O5. The normalized spacial score (nSPS) is 29.2. The SMILES string of the molecule is O=C(CN1C(=O)[C@@H]2[C@@H](C1=O)[C@H]1C=C[C@H]2C1)Nc1ccc(C(=O)O)cc1. The maximum Gasteiger partial charge on any atom is 0.335 e. The lowest BCUT2D eigenvalue weighted by molar-refractivity contribution is -0.143. The number of likely N-dealkylation sites (tertiary alicyclic amines) is 1. The Labute approximate surface area is 143 Å². The third-order valence-electron chi connectivity index (χ3n) is 5.28. The van der Waals surface area contributed by atoms with Crippen molar-refractivity contribution in [2.45, 2.75) is 6.42 Å². The van der Waals surface area contributed by atoms with Crippen molar-refractivity contribution in [2.24, 2.45) is 23.7 Å². The van der Waals surface area contributed by atoms with Crippen LogP contribution in [-0.2, 0) is 14.4 Å². The van der Waals surface area contributed by atoms with Crippen molar-refractivity contribution in [2.75, 3.05) is 11.9 Å². The van der Waals surface area contributed by atoms with E-state index in [1.54, 1.807) is 0 Å². The average Bonchev–Trinajstić information content (AvgIpc) is 3.25. The van der Waals surface area contributed by atoms with Crippen LogP contribution in [0, 0.1) is 23.7 Å². The molecule has 1 aromatic carbocycles. The van der Waals surface area contributed by atoms with Gasteiger partial charge in [-0.25, -0.2) is 4.79 Å². The highest BCUT2D eigenvalue weighted by Crippen LogP contribution is 2.52. The van der Waals surface area contributed by atoms with E-state index in [1.807, 2.05) is 12.2 Å². The first kappa shape index (κ1) is 15.6. The fourth-order valence-electron chi connectivity index (χ4n) is 4.16. The number of allylic oxidation sites excluding steroid dienone is 2. The van der Waals surface area contributed by atoms with E-state index in [2.05, 4.69) is 5.32 Å². The minimum atomic E-state index is -1.05. The van der Waals surface area contributed by atoms with Gasteiger partial charge in [0.05, 0.1) is 17.4 Å². The van der Waals surface area contributed by atoms with E-state index in [1.165, 1.54) is 24.3 Å². The molecule has 0 aromatic heterocycles. The molecule has 3 aliphatic rings. The zero-order valence-corrected chi connectivity index (χ0v) is 13.2. The Hall–Kier alpha value is -2.96. The molecule has 0 radical (unpaired) electrons. The average molecular weight is 340 g/mol. The molecule has 7 heteroatoms. The van der Waals surface area contributed by atoms with E-state index >= 15 is 0 Å². The van der Waals surface area contributed by atoms with Gasteiger partial charge in [0.25, 0.3) is 0 Å². The Morgan fingerprint density at radius 1 is 1.04 bits per heavy atom. The number of aromatic carboxylic acids is 1. The van der Waals surface area contributed by atoms with Crippen molar-refractivity contribution >= 4 is 29.4 Å². The summed E-state index contributed by atoms with van der Waals surface area (Å²) in [6, 6.07) is 5.68. The van der Waals surface area contributed by atoms with Crippen LogP contribution in [0.1, 0.15) is 16.8 Å². The number of nitrogens with zero attached hydrogens (tertiary/aromatic N) is 1. The maximum atomic E-state index is 12.5. The number of anilines is 1. The fourth-order valence-corrected chi connectivity index (χ4v) is 4.16. The van der Waals surface area contributed by atoms with Gasteiger partial charge in [-0.2, -0.15) is 0 Å². The van der Waals surface area contributed by atoms with Crippen LogP contribution in [0.25, 0.3) is 0 Å². The Bertz CT molecular complexity index is 783. The zero-order valence-electron chi connectivity index (χ0n) is 13.2. The van der Waals surface area contributed by atoms with Crippen LogP contribution in [-0.4, -0.2) is 40.2 Å². The smallest absolute Gasteiger partial charge is 0.335 e. The first-order valence-electron chi connectivity index (χ1n) is 8.12. The second-order valence-electron chi connectivity index (χ2n) is 6.69. The van der Waals surface area contributed by atoms with Gasteiger partial charge in [-0.05, 0) is 42.5 Å². The molecule has 4 rings (SSSR count). The first-order valence-corrected chi connectivity index (χ1v) is 8.12. The minimum absolute atomic E-state index is 0.110. The van der Waals surface area contributed by atoms with Crippen LogP contribution in [0.15, 0.2) is 36.4 Å². The molecule has 0 unspecified atom stereocenters. The topological polar surface area (TPSA) is 104 Å². The Morgan fingerprint density at radius 3 is 2.12 bits per heavy atom. The van der Waals surface area contributed by atoms with Gasteiger partial charge in [0.2, 0.25) is 17.7 Å². The number of nitrogens with one attached hydrogen (secondary N) is 1. The first-order chi connectivity index (χ1) is 12.0. The van der Waals surface area contributed by atoms with Crippen LogP contribution in [0.4, 0.5) is 5.69 Å². The van der Waals surface area contributed by atoms with Crippen molar-refractivity contribution in [3.8, 4) is 0 Å². The molecule has 1 aliphatic heterocycles. The summed E-state index contributed by atoms with van der Waals surface area (Å²) in [6.45, 7) is -0.315. The summed E-state index contributed by atoms with van der Waals surface area (Å²) in [4.78, 5) is 49.1. The van der Waals surface area contributed by atoms with Gasteiger partial charge in [0.1, 0.15) is 6.54 Å². The van der Waals surface area contributed by atoms with Crippen LogP contribution >= 0.6 is 0 Å². The lowest BCUT2D eigenvalue weighted by Gasteiger charge is -2.16. The number of imide groups is 1. The monoisotopic (exact) mass is 340 g/mol. The number of amides is 3. The third-order valence-corrected chi connectivity index (χ3v) is 5.28. The highest BCUT2D eigenvalue weighted by atomic mass is 16.4. The van der Waals surface area contributed by atoms with Crippen molar-refractivity contribution in [1.29, 1.82) is 0 Å². The quantitative estimate of drug-likeness (QED) is 0.632. The Balaban J connectivity index is 1.42. The summed E-state index contributed by atoms with van der Waals surface area (Å²) in [5.74, 6) is -2.46. The van der Waals surface area contributed by atoms with Gasteiger partial charge in [-0.15, -0.1) is 0 Å². The van der Waals surface area contributed by atoms with Crippen molar-refractivity contribution in [3.63, 3.8) is 0 Å². The number of rotatable bonds is 4. The molecule has 2 fully saturated rings. The molecule has 25 heavy (non-hydrogen) atoms. The molecule has 2 aliphatic carbocycles. The predicted octanol–water partition coefficient (Wildman–Crippen LogP) is 1.13. The molecule has 3 amide bonds. The number of carboxylic acids is 1. The lowest BCUT2D eigenvalue weighted by Crippen LogP contribution is -2.39. The number of carbonyl (C=O) groups excluding carboxylic acids is 3. The second kappa shape index (κ2) is 5.54. The summed E-state index contributed by atoms with van der Waals surface area (Å²) in [5, 5.41) is 11.4. The van der Waals surface area contributed by atoms with Gasteiger partial charge in [0, 0.05) is 5.69 Å². The van der Waals surface area contributed by atoms with Gasteiger partial charge >= 0.3 is 5.97 Å². The third kappa shape index (κ3) is 2.43. The lowest BCUT2D eigenvalue weighted by atomic mass is 9.85. The zero-order chi connectivity index (χ0) is 17.7. The van der Waals surface area contributed by atoms with E-state index in [4.69, 9.17) is 5.11 Å². The van der Waals surface area contributed by atoms with E-state index < -0.39 is 11.9 Å². The van der Waals surface area contributed by atoms with Gasteiger partial charge in [0.15, 0.2) is 0 Å². The molecule has 0 spiro atoms. The number of fused-ring (bicyclic) bond motifs is 5. The van der Waals surface area contributed by atoms with Crippen LogP contribution in [0.2, 0.25) is 0 Å². The highest BCUT2D eigenvalue weighted by molar-refractivity contribution is 6.09. The van der Waals surface area contributed by atoms with Crippen molar-refractivity contribution < 1.29 is 24.3 Å². The fraction of sp³-hybridized carbons (Fsp3) is 0.333. The van der Waals surface area contributed by atoms with Crippen LogP contribution in [0.5, 0.6) is 0 Å². The summed E-state index contributed by atoms with van der Waals surface area (Å²) in [7, 11) is 0. The standard InChI is InChI=1S/C18H16N2O5/c21-13(19-12-5-3-9(4-6-12)18(24)25)8-20-16(22)14-10-1-2-11(7-10)15(14)17(20)23/h1-6,10-11,14-15H,7-8H2,(H,19,21)(H,24,25)/t10-,11-,14-,15-/m0/s1. The number of carbonyl (C=O) groups is 4. The molecule has 7 nitrogen and oxygen atoms in total. The number of hydrogen-bond acceptors (Lipinski definition) is 4. The Morgan fingerprint density at radius 2 is 1.60 bits per heavy atom. The van der Waals surface area contributed by atoms with Gasteiger partial charge in [-0.1, -0.05) is 12.2 Å². The van der Waals surface area contributed by atoms with Gasteiger partial charge < -0.3 is 10.4 Å². The minimum Gasteiger partial charge on any atom is -0.478 e. The molecular weight excluding hydrogens is 324 g/mol. The molecule has 1 heterocycles. The highest BCUT2D eigenvalue weighted by Gasteiger charge is 2.59. The molecule has 2 N–H and O–H groups in total. The summed E-state index contributed by atoms with van der Waals surface area (Å²) >= 11 is 0. The largest absolute Gasteiger partial charge is 0.478 e. The molecule has 2 bridgehead atoms. The van der Waals surface area contributed by atoms with E-state index in [-0.39, 0.29) is 47.6 Å². The van der Waals surface area contributed by atoms with E-state index in [0.717, 1.165) is 11.3 Å². The molecule has 1 aromatic rings. The summed E-state index contributed by atoms with van der Waals surface area (Å²) < 4.78 is 0. The van der Waals surface area contributed by atoms with E-state index in [9.17, 15) is 19.2 Å². The molecule has 1 saturated heterocycles. The van der Waals surface area contributed by atoms with Crippen molar-refractivity contribution in [3.05, 3.63) is 42.0 Å². The molecule has 1 saturated carbocycles. The predicted molar refractivity (Wildman–Crippen MR) is 86.5 cm³/mol. The molecule has 128 valence electrons. The number of benzene rings is 1. The van der Waals surface area contributed by atoms with Gasteiger partial charge in [-0.3, -0.25) is 19.3 Å². The van der Waals surface area contributed by atoms with Crippen molar-refractivity contribution in [1.82, 2.24) is 4.90 Å². The number of hydrogen-bond donors (Lipinski definition) is 2. The summed E-state index contributed by atoms with van der Waals surface area (Å²) in [6.07, 6.45) is 4.86. The van der Waals surface area contributed by atoms with E-state index in [0.29, 0.717) is 5.69 Å². The maximum absolute atomic E-state index is 12.5. The number of carboxylic acid groups (broad SMARTS) is 1. The second-order valence-corrected chi connectivity index (χ2v) is 6.69. The van der Waals surface area contributed by atoms with Crippen LogP contribution in [0.3, 0.4) is 0 Å². The molecule has 4 atom stereocenters. The summed E-state index contributed by atoms with van der Waals surface area (Å²) in [5.41, 5.74) is 0.523.